The molecule has 1 fully saturated rings. The summed E-state index contributed by atoms with van der Waals surface area (Å²) in [5.74, 6) is 0.152. The molecule has 7 nitrogen and oxygen atoms in total. The largest absolute Gasteiger partial charge is 0.497 e. The molecule has 0 radical (unpaired) electrons. The third-order valence-corrected chi connectivity index (χ3v) is 4.35. The minimum absolute atomic E-state index is 0.00162. The number of rotatable bonds is 5. The number of methoxy groups -OCH3 is 1. The van der Waals surface area contributed by atoms with Crippen molar-refractivity contribution in [2.24, 2.45) is 0 Å². The molecule has 1 aliphatic rings. The maximum atomic E-state index is 13.9. The van der Waals surface area contributed by atoms with Gasteiger partial charge in [-0.2, -0.15) is 4.98 Å². The van der Waals surface area contributed by atoms with Crippen molar-refractivity contribution in [2.75, 3.05) is 30.4 Å². The van der Waals surface area contributed by atoms with Crippen LogP contribution in [0.3, 0.4) is 0 Å². The summed E-state index contributed by atoms with van der Waals surface area (Å²) in [6, 6.07) is 7.37. The lowest BCUT2D eigenvalue weighted by molar-refractivity contribution is 0.411. The molecule has 0 saturated carbocycles. The number of halogens is 2. The average Bonchev–Trinajstić information content (AvgIpc) is 3.32. The van der Waals surface area contributed by atoms with Crippen molar-refractivity contribution in [3.05, 3.63) is 48.2 Å². The lowest BCUT2D eigenvalue weighted by Gasteiger charge is -2.17. The highest BCUT2D eigenvalue weighted by molar-refractivity contribution is 5.58. The van der Waals surface area contributed by atoms with Crippen molar-refractivity contribution in [3.8, 4) is 17.1 Å². The summed E-state index contributed by atoms with van der Waals surface area (Å²) >= 11 is 0. The van der Waals surface area contributed by atoms with Crippen LogP contribution in [0.25, 0.3) is 11.4 Å². The van der Waals surface area contributed by atoms with Crippen LogP contribution in [0.2, 0.25) is 0 Å². The average molecular weight is 373 g/mol. The van der Waals surface area contributed by atoms with E-state index >= 15 is 0 Å². The van der Waals surface area contributed by atoms with Gasteiger partial charge in [0.15, 0.2) is 11.6 Å². The molecule has 1 aromatic carbocycles. The number of nitrogens with zero attached hydrogens (tertiary/aromatic N) is 4. The molecule has 2 aromatic heterocycles. The van der Waals surface area contributed by atoms with Gasteiger partial charge in [0.25, 0.3) is 0 Å². The SMILES string of the molecule is COc1cc(F)cc(-c2noc(NC3CCN(c4ncccc4F)C3)n2)c1. The molecule has 4 rings (SSSR count). The first kappa shape index (κ1) is 17.2. The molecule has 0 amide bonds. The number of anilines is 2. The van der Waals surface area contributed by atoms with Crippen molar-refractivity contribution < 1.29 is 18.0 Å². The predicted molar refractivity (Wildman–Crippen MR) is 94.7 cm³/mol. The van der Waals surface area contributed by atoms with Gasteiger partial charge in [0, 0.05) is 37.0 Å². The van der Waals surface area contributed by atoms with E-state index < -0.39 is 5.82 Å². The standard InChI is InChI=1S/C18H17F2N5O2/c1-26-14-8-11(7-12(19)9-14)16-23-18(27-24-16)22-13-4-6-25(10-13)17-15(20)3-2-5-21-17/h2-3,5,7-9,13H,4,6,10H2,1H3,(H,22,23,24). The molecule has 1 N–H and O–H groups in total. The van der Waals surface area contributed by atoms with Gasteiger partial charge < -0.3 is 19.5 Å². The highest BCUT2D eigenvalue weighted by atomic mass is 19.1. The van der Waals surface area contributed by atoms with Crippen LogP contribution in [0.1, 0.15) is 6.42 Å². The molecular formula is C18H17F2N5O2. The number of hydrogen-bond donors (Lipinski definition) is 1. The smallest absolute Gasteiger partial charge is 0.322 e. The van der Waals surface area contributed by atoms with E-state index in [-0.39, 0.29) is 23.7 Å². The Kier molecular flexibility index (Phi) is 4.57. The first-order valence-corrected chi connectivity index (χ1v) is 8.43. The molecule has 0 spiro atoms. The predicted octanol–water partition coefficient (Wildman–Crippen LogP) is 3.11. The normalized spacial score (nSPS) is 16.6. The molecule has 140 valence electrons. The molecular weight excluding hydrogens is 356 g/mol. The Morgan fingerprint density at radius 3 is 3.00 bits per heavy atom. The molecule has 1 atom stereocenters. The molecule has 1 saturated heterocycles. The van der Waals surface area contributed by atoms with Crippen molar-refractivity contribution in [3.63, 3.8) is 0 Å². The van der Waals surface area contributed by atoms with Gasteiger partial charge in [0.1, 0.15) is 11.6 Å². The minimum atomic E-state index is -0.451. The molecule has 3 aromatic rings. The van der Waals surface area contributed by atoms with Gasteiger partial charge in [0.05, 0.1) is 7.11 Å². The van der Waals surface area contributed by atoms with Gasteiger partial charge in [-0.3, -0.25) is 0 Å². The van der Waals surface area contributed by atoms with E-state index in [9.17, 15) is 8.78 Å². The van der Waals surface area contributed by atoms with Crippen LogP contribution in [-0.4, -0.2) is 41.4 Å². The Labute approximate surface area is 154 Å². The van der Waals surface area contributed by atoms with E-state index in [4.69, 9.17) is 9.26 Å². The maximum Gasteiger partial charge on any atom is 0.322 e. The summed E-state index contributed by atoms with van der Waals surface area (Å²) in [5.41, 5.74) is 0.451. The van der Waals surface area contributed by atoms with Crippen LogP contribution in [0.15, 0.2) is 41.1 Å². The third kappa shape index (κ3) is 3.67. The molecule has 9 heteroatoms. The minimum Gasteiger partial charge on any atom is -0.497 e. The lowest BCUT2D eigenvalue weighted by Crippen LogP contribution is -2.27. The van der Waals surface area contributed by atoms with E-state index in [2.05, 4.69) is 20.4 Å². The number of nitrogens with one attached hydrogen (secondary N) is 1. The van der Waals surface area contributed by atoms with E-state index in [1.807, 2.05) is 4.90 Å². The van der Waals surface area contributed by atoms with Gasteiger partial charge in [0.2, 0.25) is 5.82 Å². The van der Waals surface area contributed by atoms with Crippen LogP contribution >= 0.6 is 0 Å². The molecule has 0 bridgehead atoms. The third-order valence-electron chi connectivity index (χ3n) is 4.35. The van der Waals surface area contributed by atoms with E-state index in [1.165, 1.54) is 25.3 Å². The fourth-order valence-electron chi connectivity index (χ4n) is 3.06. The van der Waals surface area contributed by atoms with E-state index in [0.29, 0.717) is 30.2 Å². The summed E-state index contributed by atoms with van der Waals surface area (Å²) in [6.07, 6.45) is 2.33. The second kappa shape index (κ2) is 7.18. The van der Waals surface area contributed by atoms with Crippen LogP contribution in [0.5, 0.6) is 5.75 Å². The zero-order valence-corrected chi connectivity index (χ0v) is 14.5. The molecule has 3 heterocycles. The van der Waals surface area contributed by atoms with Crippen molar-refractivity contribution in [1.29, 1.82) is 0 Å². The van der Waals surface area contributed by atoms with Gasteiger partial charge in [-0.15, -0.1) is 0 Å². The van der Waals surface area contributed by atoms with Gasteiger partial charge in [-0.05, 0) is 30.7 Å². The first-order chi connectivity index (χ1) is 13.1. The zero-order valence-electron chi connectivity index (χ0n) is 14.5. The fourth-order valence-corrected chi connectivity index (χ4v) is 3.06. The molecule has 27 heavy (non-hydrogen) atoms. The van der Waals surface area contributed by atoms with Gasteiger partial charge in [-0.1, -0.05) is 5.16 Å². The summed E-state index contributed by atoms with van der Waals surface area (Å²) in [4.78, 5) is 10.2. The summed E-state index contributed by atoms with van der Waals surface area (Å²) < 4.78 is 37.8. The number of aromatic nitrogens is 3. The van der Waals surface area contributed by atoms with Crippen molar-refractivity contribution in [2.45, 2.75) is 12.5 Å². The summed E-state index contributed by atoms with van der Waals surface area (Å²) in [5, 5.41) is 7.02. The van der Waals surface area contributed by atoms with Crippen LogP contribution in [0.4, 0.5) is 20.6 Å². The summed E-state index contributed by atoms with van der Waals surface area (Å²) in [6.45, 7) is 1.22. The number of pyridine rings is 1. The van der Waals surface area contributed by atoms with E-state index in [1.54, 1.807) is 18.3 Å². The maximum absolute atomic E-state index is 13.9. The lowest BCUT2D eigenvalue weighted by atomic mass is 10.2. The Hall–Kier alpha value is -3.23. The van der Waals surface area contributed by atoms with Gasteiger partial charge in [-0.25, -0.2) is 13.8 Å². The number of ether oxygens (including phenoxy) is 1. The zero-order chi connectivity index (χ0) is 18.8. The monoisotopic (exact) mass is 373 g/mol. The van der Waals surface area contributed by atoms with Gasteiger partial charge >= 0.3 is 6.01 Å². The van der Waals surface area contributed by atoms with Crippen LogP contribution in [-0.2, 0) is 0 Å². The number of hydrogen-bond acceptors (Lipinski definition) is 7. The topological polar surface area (TPSA) is 76.3 Å². The van der Waals surface area contributed by atoms with E-state index in [0.717, 1.165) is 6.42 Å². The molecule has 1 unspecified atom stereocenters. The van der Waals surface area contributed by atoms with Crippen molar-refractivity contribution >= 4 is 11.8 Å². The Bertz CT molecular complexity index is 949. The first-order valence-electron chi connectivity index (χ1n) is 8.43. The van der Waals surface area contributed by atoms with Crippen LogP contribution < -0.4 is 15.0 Å². The molecule has 0 aliphatic carbocycles. The highest BCUT2D eigenvalue weighted by Gasteiger charge is 2.26. The second-order valence-corrected chi connectivity index (χ2v) is 6.19. The highest BCUT2D eigenvalue weighted by Crippen LogP contribution is 2.26. The van der Waals surface area contributed by atoms with Crippen molar-refractivity contribution in [1.82, 2.24) is 15.1 Å². The molecule has 1 aliphatic heterocycles. The number of benzene rings is 1. The Balaban J connectivity index is 1.45. The van der Waals surface area contributed by atoms with Crippen LogP contribution in [0, 0.1) is 11.6 Å². The fraction of sp³-hybridized carbons (Fsp3) is 0.278. The Morgan fingerprint density at radius 2 is 2.19 bits per heavy atom. The second-order valence-electron chi connectivity index (χ2n) is 6.19. The summed E-state index contributed by atoms with van der Waals surface area (Å²) in [7, 11) is 1.46. The quantitative estimate of drug-likeness (QED) is 0.736. The Morgan fingerprint density at radius 1 is 1.30 bits per heavy atom.